The smallest absolute Gasteiger partial charge is 0.390 e. The molecule has 0 aromatic carbocycles. The fourth-order valence-corrected chi connectivity index (χ4v) is 1.01. The van der Waals surface area contributed by atoms with Gasteiger partial charge in [-0.1, -0.05) is 13.3 Å². The van der Waals surface area contributed by atoms with Gasteiger partial charge in [-0.2, -0.15) is 0 Å². The maximum absolute atomic E-state index is 8.34. The molecule has 0 aromatic rings. The molecule has 1 radical (unpaired) electrons. The highest BCUT2D eigenvalue weighted by Gasteiger charge is 2.25. The van der Waals surface area contributed by atoms with E-state index in [9.17, 15) is 0 Å². The van der Waals surface area contributed by atoms with Gasteiger partial charge in [-0.05, 0) is 6.42 Å². The third-order valence-corrected chi connectivity index (χ3v) is 1.54. The summed E-state index contributed by atoms with van der Waals surface area (Å²) < 4.78 is 0. The second-order valence-corrected chi connectivity index (χ2v) is 3.46. The largest absolute Gasteiger partial charge is 0.496 e. The average Bonchev–Trinajstić information content (AvgIpc) is 1.59. The predicted molar refractivity (Wildman–Crippen MR) is 31.6 cm³/mol. The fourth-order valence-electron chi connectivity index (χ4n) is 0.338. The van der Waals surface area contributed by atoms with Crippen molar-refractivity contribution < 1.29 is 14.4 Å². The summed E-state index contributed by atoms with van der Waals surface area (Å²) in [5, 5.41) is 0. The summed E-state index contributed by atoms with van der Waals surface area (Å²) in [7, 11) is -3.80. The van der Waals surface area contributed by atoms with Crippen molar-refractivity contribution in [2.45, 2.75) is 19.8 Å². The van der Waals surface area contributed by atoms with Gasteiger partial charge in [0.05, 0.1) is 0 Å². The second kappa shape index (κ2) is 3.19. The first kappa shape index (κ1) is 8.10. The van der Waals surface area contributed by atoms with Crippen molar-refractivity contribution in [2.24, 2.45) is 0 Å². The fraction of sp³-hybridized carbons (Fsp3) is 0.750. The average molecular weight is 135 g/mol. The minimum Gasteiger partial charge on any atom is -0.390 e. The van der Waals surface area contributed by atoms with E-state index in [1.807, 2.05) is 6.92 Å². The van der Waals surface area contributed by atoms with E-state index in [1.165, 1.54) is 6.04 Å². The van der Waals surface area contributed by atoms with Crippen molar-refractivity contribution in [1.29, 1.82) is 0 Å². The van der Waals surface area contributed by atoms with Gasteiger partial charge < -0.3 is 14.4 Å². The molecule has 0 aromatic heterocycles. The summed E-state index contributed by atoms with van der Waals surface area (Å²) in [6.07, 6.45) is 1.39. The van der Waals surface area contributed by atoms with E-state index < -0.39 is 8.80 Å². The van der Waals surface area contributed by atoms with Gasteiger partial charge in [-0.25, -0.2) is 0 Å². The Kier molecular flexibility index (Phi) is 3.23. The predicted octanol–water partition coefficient (Wildman–Crippen LogP) is -0.554. The van der Waals surface area contributed by atoms with E-state index in [-0.39, 0.29) is 0 Å². The van der Waals surface area contributed by atoms with Crippen LogP contribution in [0.5, 0.6) is 0 Å². The number of rotatable bonds is 3. The molecular weight excluding hydrogens is 124 g/mol. The molecule has 0 unspecified atom stereocenters. The molecule has 0 aliphatic rings. The van der Waals surface area contributed by atoms with Crippen LogP contribution in [0.1, 0.15) is 19.8 Å². The lowest BCUT2D eigenvalue weighted by atomic mass is 10.4. The van der Waals surface area contributed by atoms with Gasteiger partial charge in [0, 0.05) is 6.04 Å². The van der Waals surface area contributed by atoms with Crippen LogP contribution in [-0.4, -0.2) is 23.2 Å². The van der Waals surface area contributed by atoms with Gasteiger partial charge in [0.25, 0.3) is 0 Å². The highest BCUT2D eigenvalue weighted by atomic mass is 28.4. The summed E-state index contributed by atoms with van der Waals surface area (Å²) in [4.78, 5) is 25.0. The van der Waals surface area contributed by atoms with Crippen molar-refractivity contribution in [3.05, 3.63) is 6.04 Å². The molecule has 8 heavy (non-hydrogen) atoms. The first-order valence-electron chi connectivity index (χ1n) is 2.57. The van der Waals surface area contributed by atoms with E-state index in [2.05, 4.69) is 0 Å². The lowest BCUT2D eigenvalue weighted by Gasteiger charge is -2.05. The maximum Gasteiger partial charge on any atom is 0.496 e. The molecule has 3 nitrogen and oxygen atoms in total. The molecule has 0 heterocycles. The molecule has 0 aliphatic heterocycles. The molecule has 4 heteroatoms. The molecule has 0 rings (SSSR count). The Bertz CT molecular complexity index is 58.8. The van der Waals surface area contributed by atoms with Crippen molar-refractivity contribution in [3.63, 3.8) is 0 Å². The molecule has 0 aliphatic carbocycles. The minimum absolute atomic E-state index is 0.565. The summed E-state index contributed by atoms with van der Waals surface area (Å²) in [5.41, 5.74) is 0. The van der Waals surface area contributed by atoms with E-state index >= 15 is 0 Å². The first-order chi connectivity index (χ1) is 3.56. The monoisotopic (exact) mass is 135 g/mol. The number of hydrogen-bond donors (Lipinski definition) is 3. The van der Waals surface area contributed by atoms with Gasteiger partial charge in [0.15, 0.2) is 0 Å². The second-order valence-electron chi connectivity index (χ2n) is 1.68. The maximum atomic E-state index is 8.34. The summed E-state index contributed by atoms with van der Waals surface area (Å²) >= 11 is 0. The van der Waals surface area contributed by atoms with Crippen LogP contribution >= 0.6 is 0 Å². The third kappa shape index (κ3) is 6.10. The Hall–Kier alpha value is 0.0969. The van der Waals surface area contributed by atoms with Crippen molar-refractivity contribution in [2.75, 3.05) is 0 Å². The standard InChI is InChI=1S/C4H11O3Si/c1-2-3-4-8(5,6)7/h4-7H,2-3H2,1H3. The van der Waals surface area contributed by atoms with Crippen molar-refractivity contribution in [1.82, 2.24) is 0 Å². The summed E-state index contributed by atoms with van der Waals surface area (Å²) in [5.74, 6) is 0. The molecule has 0 amide bonds. The molecule has 0 saturated carbocycles. The zero-order valence-corrected chi connectivity index (χ0v) is 5.83. The molecule has 0 fully saturated rings. The molecule has 0 saturated heterocycles. The van der Waals surface area contributed by atoms with Gasteiger partial charge in [0.1, 0.15) is 0 Å². The lowest BCUT2D eigenvalue weighted by Crippen LogP contribution is -2.35. The van der Waals surface area contributed by atoms with Crippen molar-refractivity contribution in [3.8, 4) is 0 Å². The van der Waals surface area contributed by atoms with Crippen LogP contribution in [0.4, 0.5) is 0 Å². The van der Waals surface area contributed by atoms with E-state index in [1.54, 1.807) is 0 Å². The Balaban J connectivity index is 3.11. The van der Waals surface area contributed by atoms with Gasteiger partial charge in [-0.15, -0.1) is 0 Å². The van der Waals surface area contributed by atoms with Crippen LogP contribution in [0.2, 0.25) is 0 Å². The lowest BCUT2D eigenvalue weighted by molar-refractivity contribution is 0.238. The highest BCUT2D eigenvalue weighted by molar-refractivity contribution is 6.60. The topological polar surface area (TPSA) is 60.7 Å². The first-order valence-corrected chi connectivity index (χ1v) is 4.49. The Labute approximate surface area is 50.0 Å². The third-order valence-electron chi connectivity index (χ3n) is 0.707. The van der Waals surface area contributed by atoms with Crippen LogP contribution in [0.3, 0.4) is 0 Å². The summed E-state index contributed by atoms with van der Waals surface area (Å²) in [6, 6.07) is 1.17. The zero-order valence-electron chi connectivity index (χ0n) is 4.83. The molecule has 0 spiro atoms. The van der Waals surface area contributed by atoms with Crippen LogP contribution in [0, 0.1) is 6.04 Å². The van der Waals surface area contributed by atoms with E-state index in [4.69, 9.17) is 14.4 Å². The zero-order chi connectivity index (χ0) is 6.62. The van der Waals surface area contributed by atoms with Gasteiger partial charge in [-0.3, -0.25) is 0 Å². The van der Waals surface area contributed by atoms with Crippen LogP contribution in [-0.2, 0) is 0 Å². The van der Waals surface area contributed by atoms with Crippen LogP contribution in [0.15, 0.2) is 0 Å². The quantitative estimate of drug-likeness (QED) is 0.455. The van der Waals surface area contributed by atoms with Gasteiger partial charge in [0.2, 0.25) is 0 Å². The summed E-state index contributed by atoms with van der Waals surface area (Å²) in [6.45, 7) is 1.90. The normalized spacial score (nSPS) is 12.0. The Morgan fingerprint density at radius 2 is 1.88 bits per heavy atom. The van der Waals surface area contributed by atoms with E-state index in [0.29, 0.717) is 6.42 Å². The Morgan fingerprint density at radius 1 is 1.38 bits per heavy atom. The molecule has 0 bridgehead atoms. The number of hydrogen-bond acceptors (Lipinski definition) is 3. The number of unbranched alkanes of at least 4 members (excludes halogenated alkanes) is 1. The van der Waals surface area contributed by atoms with Crippen LogP contribution < -0.4 is 0 Å². The SMILES string of the molecule is CCC[CH][Si](O)(O)O. The highest BCUT2D eigenvalue weighted by Crippen LogP contribution is 1.99. The van der Waals surface area contributed by atoms with Gasteiger partial charge >= 0.3 is 8.80 Å². The molecular formula is C4H11O3Si. The molecule has 3 N–H and O–H groups in total. The molecule has 0 atom stereocenters. The van der Waals surface area contributed by atoms with E-state index in [0.717, 1.165) is 6.42 Å². The van der Waals surface area contributed by atoms with Crippen molar-refractivity contribution >= 4 is 8.80 Å². The molecule has 49 valence electrons. The minimum atomic E-state index is -3.80. The van der Waals surface area contributed by atoms with Crippen LogP contribution in [0.25, 0.3) is 0 Å². The Morgan fingerprint density at radius 3 is 2.00 bits per heavy atom.